The van der Waals surface area contributed by atoms with E-state index in [1.54, 1.807) is 0 Å². The molecule has 0 aliphatic carbocycles. The zero-order chi connectivity index (χ0) is 6.53. The standard InChI is InChI=1S/C7H14N2/c1-2-4-7-8-5-3-6-9-7/h2-6H2,1H3,(H,8,9). The largest absolute Gasteiger partial charge is 0.374 e. The van der Waals surface area contributed by atoms with Crippen molar-refractivity contribution in [3.63, 3.8) is 0 Å². The van der Waals surface area contributed by atoms with E-state index in [-0.39, 0.29) is 0 Å². The van der Waals surface area contributed by atoms with Crippen molar-refractivity contribution in [3.8, 4) is 0 Å². The van der Waals surface area contributed by atoms with Crippen LogP contribution in [0.1, 0.15) is 26.2 Å². The maximum atomic E-state index is 4.32. The molecule has 0 aromatic rings. The summed E-state index contributed by atoms with van der Waals surface area (Å²) in [7, 11) is 0. The second-order valence-electron chi connectivity index (χ2n) is 2.36. The van der Waals surface area contributed by atoms with Crippen molar-refractivity contribution < 1.29 is 0 Å². The molecular weight excluding hydrogens is 112 g/mol. The van der Waals surface area contributed by atoms with Crippen LogP contribution in [0.25, 0.3) is 0 Å². The highest BCUT2D eigenvalue weighted by molar-refractivity contribution is 5.82. The topological polar surface area (TPSA) is 24.4 Å². The van der Waals surface area contributed by atoms with Gasteiger partial charge in [-0.25, -0.2) is 0 Å². The summed E-state index contributed by atoms with van der Waals surface area (Å²) in [4.78, 5) is 4.32. The van der Waals surface area contributed by atoms with Crippen LogP contribution in [-0.2, 0) is 0 Å². The summed E-state index contributed by atoms with van der Waals surface area (Å²) in [5.74, 6) is 1.21. The van der Waals surface area contributed by atoms with E-state index in [4.69, 9.17) is 0 Å². The molecule has 2 nitrogen and oxygen atoms in total. The Hall–Kier alpha value is -0.530. The highest BCUT2D eigenvalue weighted by atomic mass is 15.0. The summed E-state index contributed by atoms with van der Waals surface area (Å²) in [5.41, 5.74) is 0. The van der Waals surface area contributed by atoms with E-state index in [0.29, 0.717) is 0 Å². The van der Waals surface area contributed by atoms with Gasteiger partial charge in [-0.2, -0.15) is 0 Å². The average molecular weight is 126 g/mol. The van der Waals surface area contributed by atoms with Crippen LogP contribution in [0.3, 0.4) is 0 Å². The van der Waals surface area contributed by atoms with Gasteiger partial charge < -0.3 is 5.32 Å². The van der Waals surface area contributed by atoms with Crippen molar-refractivity contribution >= 4 is 5.84 Å². The van der Waals surface area contributed by atoms with Gasteiger partial charge in [0.05, 0.1) is 5.84 Å². The first kappa shape index (κ1) is 6.59. The monoisotopic (exact) mass is 126 g/mol. The lowest BCUT2D eigenvalue weighted by molar-refractivity contribution is 0.720. The van der Waals surface area contributed by atoms with Gasteiger partial charge in [0.25, 0.3) is 0 Å². The molecule has 9 heavy (non-hydrogen) atoms. The van der Waals surface area contributed by atoms with Gasteiger partial charge in [-0.05, 0) is 12.8 Å². The zero-order valence-electron chi connectivity index (χ0n) is 5.98. The molecule has 0 amide bonds. The smallest absolute Gasteiger partial charge is 0.0962 e. The Morgan fingerprint density at radius 1 is 1.67 bits per heavy atom. The first-order chi connectivity index (χ1) is 4.43. The molecule has 0 saturated heterocycles. The molecule has 1 aliphatic rings. The fourth-order valence-electron chi connectivity index (χ4n) is 0.986. The maximum absolute atomic E-state index is 4.32. The minimum atomic E-state index is 1.03. The Labute approximate surface area is 56.4 Å². The second kappa shape index (κ2) is 3.49. The van der Waals surface area contributed by atoms with E-state index in [9.17, 15) is 0 Å². The summed E-state index contributed by atoms with van der Waals surface area (Å²) in [6, 6.07) is 0. The normalized spacial score (nSPS) is 18.6. The van der Waals surface area contributed by atoms with Crippen LogP contribution in [0.15, 0.2) is 4.99 Å². The van der Waals surface area contributed by atoms with Gasteiger partial charge >= 0.3 is 0 Å². The Kier molecular flexibility index (Phi) is 2.55. The van der Waals surface area contributed by atoms with Gasteiger partial charge in [0.1, 0.15) is 0 Å². The summed E-state index contributed by atoms with van der Waals surface area (Å²) in [6.07, 6.45) is 3.53. The van der Waals surface area contributed by atoms with E-state index in [1.807, 2.05) is 0 Å². The van der Waals surface area contributed by atoms with Gasteiger partial charge in [-0.3, -0.25) is 4.99 Å². The maximum Gasteiger partial charge on any atom is 0.0962 e. The molecule has 1 rings (SSSR count). The Bertz CT molecular complexity index is 107. The molecule has 0 atom stereocenters. The van der Waals surface area contributed by atoms with Crippen LogP contribution in [-0.4, -0.2) is 18.9 Å². The summed E-state index contributed by atoms with van der Waals surface area (Å²) >= 11 is 0. The quantitative estimate of drug-likeness (QED) is 0.590. The Morgan fingerprint density at radius 2 is 2.56 bits per heavy atom. The molecule has 0 bridgehead atoms. The highest BCUT2D eigenvalue weighted by Crippen LogP contribution is 1.95. The first-order valence-electron chi connectivity index (χ1n) is 3.70. The van der Waals surface area contributed by atoms with Crippen LogP contribution in [0.5, 0.6) is 0 Å². The number of rotatable bonds is 2. The molecule has 0 aromatic carbocycles. The van der Waals surface area contributed by atoms with Crippen molar-refractivity contribution in [2.24, 2.45) is 4.99 Å². The number of hydrogen-bond donors (Lipinski definition) is 1. The van der Waals surface area contributed by atoms with Crippen LogP contribution in [0.2, 0.25) is 0 Å². The van der Waals surface area contributed by atoms with Crippen LogP contribution in [0, 0.1) is 0 Å². The lowest BCUT2D eigenvalue weighted by Gasteiger charge is -2.12. The van der Waals surface area contributed by atoms with Crippen molar-refractivity contribution in [2.75, 3.05) is 13.1 Å². The molecular formula is C7H14N2. The fourth-order valence-corrected chi connectivity index (χ4v) is 0.986. The molecule has 0 aromatic heterocycles. The van der Waals surface area contributed by atoms with E-state index in [0.717, 1.165) is 19.5 Å². The zero-order valence-corrected chi connectivity index (χ0v) is 5.98. The van der Waals surface area contributed by atoms with E-state index in [1.165, 1.54) is 18.7 Å². The Balaban J connectivity index is 2.28. The SMILES string of the molecule is CCCC1=NCCCN1. The predicted molar refractivity (Wildman–Crippen MR) is 39.8 cm³/mol. The lowest BCUT2D eigenvalue weighted by atomic mass is 10.2. The number of aliphatic imine (C=N–C) groups is 1. The van der Waals surface area contributed by atoms with E-state index in [2.05, 4.69) is 17.2 Å². The minimum Gasteiger partial charge on any atom is -0.374 e. The molecule has 0 fully saturated rings. The molecule has 52 valence electrons. The van der Waals surface area contributed by atoms with Gasteiger partial charge in [0.2, 0.25) is 0 Å². The lowest BCUT2D eigenvalue weighted by Crippen LogP contribution is -2.28. The summed E-state index contributed by atoms with van der Waals surface area (Å²) < 4.78 is 0. The van der Waals surface area contributed by atoms with Crippen molar-refractivity contribution in [1.82, 2.24) is 5.32 Å². The van der Waals surface area contributed by atoms with Crippen LogP contribution in [0.4, 0.5) is 0 Å². The Morgan fingerprint density at radius 3 is 3.11 bits per heavy atom. The number of amidine groups is 1. The average Bonchev–Trinajstić information content (AvgIpc) is 1.91. The van der Waals surface area contributed by atoms with Crippen LogP contribution < -0.4 is 5.32 Å². The molecule has 0 spiro atoms. The number of nitrogens with zero attached hydrogens (tertiary/aromatic N) is 1. The van der Waals surface area contributed by atoms with Crippen molar-refractivity contribution in [2.45, 2.75) is 26.2 Å². The fraction of sp³-hybridized carbons (Fsp3) is 0.857. The third-order valence-corrected chi connectivity index (χ3v) is 1.45. The molecule has 0 radical (unpaired) electrons. The van der Waals surface area contributed by atoms with Gasteiger partial charge in [0.15, 0.2) is 0 Å². The van der Waals surface area contributed by atoms with Gasteiger partial charge in [0, 0.05) is 19.5 Å². The third kappa shape index (κ3) is 2.04. The highest BCUT2D eigenvalue weighted by Gasteiger charge is 2.00. The predicted octanol–water partition coefficient (Wildman–Crippen LogP) is 1.18. The molecule has 1 N–H and O–H groups in total. The number of nitrogens with one attached hydrogen (secondary N) is 1. The summed E-state index contributed by atoms with van der Waals surface area (Å²) in [5, 5.41) is 3.27. The summed E-state index contributed by atoms with van der Waals surface area (Å²) in [6.45, 7) is 4.33. The first-order valence-corrected chi connectivity index (χ1v) is 3.70. The molecule has 0 saturated carbocycles. The number of hydrogen-bond acceptors (Lipinski definition) is 2. The van der Waals surface area contributed by atoms with E-state index >= 15 is 0 Å². The third-order valence-electron chi connectivity index (χ3n) is 1.45. The molecule has 1 heterocycles. The van der Waals surface area contributed by atoms with E-state index < -0.39 is 0 Å². The molecule has 2 heteroatoms. The van der Waals surface area contributed by atoms with Gasteiger partial charge in [-0.1, -0.05) is 6.92 Å². The van der Waals surface area contributed by atoms with Crippen molar-refractivity contribution in [3.05, 3.63) is 0 Å². The minimum absolute atomic E-state index is 1.03. The van der Waals surface area contributed by atoms with Crippen molar-refractivity contribution in [1.29, 1.82) is 0 Å². The molecule has 0 unspecified atom stereocenters. The van der Waals surface area contributed by atoms with Gasteiger partial charge in [-0.15, -0.1) is 0 Å². The molecule has 1 aliphatic heterocycles. The second-order valence-corrected chi connectivity index (χ2v) is 2.36. The van der Waals surface area contributed by atoms with Crippen LogP contribution >= 0.6 is 0 Å².